The zero-order valence-corrected chi connectivity index (χ0v) is 16.4. The van der Waals surface area contributed by atoms with E-state index < -0.39 is 0 Å². The highest BCUT2D eigenvalue weighted by Gasteiger charge is 2.33. The molecule has 2 heterocycles. The summed E-state index contributed by atoms with van der Waals surface area (Å²) in [5.74, 6) is 1.67. The van der Waals surface area contributed by atoms with Gasteiger partial charge in [-0.1, -0.05) is 41.0 Å². The fourth-order valence-corrected chi connectivity index (χ4v) is 3.80. The van der Waals surface area contributed by atoms with Crippen LogP contribution in [0.4, 0.5) is 0 Å². The van der Waals surface area contributed by atoms with Crippen molar-refractivity contribution in [3.8, 4) is 5.75 Å². The molecule has 1 atom stereocenters. The summed E-state index contributed by atoms with van der Waals surface area (Å²) in [5, 5.41) is 4.74. The molecule has 1 aliphatic heterocycles. The molecule has 0 N–H and O–H groups in total. The van der Waals surface area contributed by atoms with Crippen molar-refractivity contribution in [2.24, 2.45) is 0 Å². The van der Waals surface area contributed by atoms with Gasteiger partial charge in [-0.3, -0.25) is 4.79 Å². The van der Waals surface area contributed by atoms with Crippen LogP contribution in [0, 0.1) is 0 Å². The minimum atomic E-state index is -0.269. The molecule has 0 saturated heterocycles. The number of halogens is 1. The number of rotatable bonds is 4. The predicted molar refractivity (Wildman–Crippen MR) is 104 cm³/mol. The third-order valence-electron chi connectivity index (χ3n) is 5.01. The fraction of sp³-hybridized carbons (Fsp3) is 0.286. The molecule has 1 aromatic heterocycles. The van der Waals surface area contributed by atoms with E-state index in [9.17, 15) is 4.79 Å². The molecule has 0 fully saturated rings. The van der Waals surface area contributed by atoms with Crippen LogP contribution in [0.25, 0.3) is 0 Å². The largest absolute Gasteiger partial charge is 0.496 e. The summed E-state index contributed by atoms with van der Waals surface area (Å²) >= 11 is 6.10. The van der Waals surface area contributed by atoms with Gasteiger partial charge >= 0.3 is 0 Å². The number of ether oxygens (including phenoxy) is 1. The molecule has 0 bridgehead atoms. The van der Waals surface area contributed by atoms with Crippen LogP contribution in [-0.4, -0.2) is 28.1 Å². The maximum Gasteiger partial charge on any atom is 0.249 e. The number of hydrogen-bond acceptors (Lipinski definition) is 5. The number of carbonyl (C=O) groups is 1. The Morgan fingerprint density at radius 3 is 2.82 bits per heavy atom. The number of amides is 1. The van der Waals surface area contributed by atoms with E-state index in [1.54, 1.807) is 25.0 Å². The Morgan fingerprint density at radius 1 is 1.29 bits per heavy atom. The molecule has 4 rings (SSSR count). The first-order valence-corrected chi connectivity index (χ1v) is 9.42. The number of carbonyl (C=O) groups excluding carboxylic acids is 1. The van der Waals surface area contributed by atoms with Crippen molar-refractivity contribution in [2.45, 2.75) is 32.4 Å². The third-order valence-corrected chi connectivity index (χ3v) is 5.25. The standard InChI is InChI=1S/C21H20ClN3O3/c1-13(26)25-12-15-6-4-3-5-14(15)10-18(25)21-23-20(24-28-21)11-16-9-17(22)7-8-19(16)27-2/h3-9,18H,10-12H2,1-2H3. The summed E-state index contributed by atoms with van der Waals surface area (Å²) < 4.78 is 10.9. The van der Waals surface area contributed by atoms with Gasteiger partial charge in [0, 0.05) is 36.9 Å². The lowest BCUT2D eigenvalue weighted by atomic mass is 9.94. The molecule has 0 radical (unpaired) electrons. The van der Waals surface area contributed by atoms with Crippen LogP contribution in [0.3, 0.4) is 0 Å². The second-order valence-electron chi connectivity index (χ2n) is 6.82. The third kappa shape index (κ3) is 3.60. The maximum absolute atomic E-state index is 12.2. The van der Waals surface area contributed by atoms with E-state index in [2.05, 4.69) is 16.2 Å². The molecule has 2 aromatic carbocycles. The van der Waals surface area contributed by atoms with Crippen molar-refractivity contribution in [1.29, 1.82) is 0 Å². The van der Waals surface area contributed by atoms with Crippen LogP contribution in [-0.2, 0) is 24.2 Å². The van der Waals surface area contributed by atoms with E-state index in [1.807, 2.05) is 30.3 Å². The van der Waals surface area contributed by atoms with Gasteiger partial charge in [0.05, 0.1) is 7.11 Å². The van der Waals surface area contributed by atoms with Crippen LogP contribution in [0.15, 0.2) is 47.0 Å². The molecule has 7 heteroatoms. The Hall–Kier alpha value is -2.86. The van der Waals surface area contributed by atoms with Gasteiger partial charge in [0.25, 0.3) is 0 Å². The van der Waals surface area contributed by atoms with E-state index in [0.29, 0.717) is 41.9 Å². The number of aromatic nitrogens is 2. The minimum Gasteiger partial charge on any atom is -0.496 e. The van der Waals surface area contributed by atoms with Gasteiger partial charge < -0.3 is 14.2 Å². The topological polar surface area (TPSA) is 68.5 Å². The fourth-order valence-electron chi connectivity index (χ4n) is 3.60. The summed E-state index contributed by atoms with van der Waals surface area (Å²) in [6.07, 6.45) is 1.08. The summed E-state index contributed by atoms with van der Waals surface area (Å²) in [4.78, 5) is 18.6. The van der Waals surface area contributed by atoms with Crippen LogP contribution in [0.2, 0.25) is 5.02 Å². The number of fused-ring (bicyclic) bond motifs is 1. The van der Waals surface area contributed by atoms with Gasteiger partial charge in [0.15, 0.2) is 5.82 Å². The van der Waals surface area contributed by atoms with E-state index in [1.165, 1.54) is 5.56 Å². The van der Waals surface area contributed by atoms with Crippen LogP contribution >= 0.6 is 11.6 Å². The molecule has 0 aliphatic carbocycles. The van der Waals surface area contributed by atoms with Gasteiger partial charge in [-0.15, -0.1) is 0 Å². The lowest BCUT2D eigenvalue weighted by molar-refractivity contribution is -0.133. The first-order valence-electron chi connectivity index (χ1n) is 9.04. The van der Waals surface area contributed by atoms with Crippen LogP contribution in [0.5, 0.6) is 5.75 Å². The quantitative estimate of drug-likeness (QED) is 0.666. The van der Waals surface area contributed by atoms with Crippen molar-refractivity contribution in [1.82, 2.24) is 15.0 Å². The van der Waals surface area contributed by atoms with E-state index in [0.717, 1.165) is 11.1 Å². The zero-order chi connectivity index (χ0) is 19.7. The molecule has 1 aliphatic rings. The summed E-state index contributed by atoms with van der Waals surface area (Å²) in [6.45, 7) is 2.10. The van der Waals surface area contributed by atoms with Gasteiger partial charge in [-0.25, -0.2) is 0 Å². The van der Waals surface area contributed by atoms with Crippen LogP contribution in [0.1, 0.15) is 41.4 Å². The normalized spacial score (nSPS) is 16.0. The Kier molecular flexibility index (Phi) is 5.05. The first kappa shape index (κ1) is 18.5. The van der Waals surface area contributed by atoms with Crippen molar-refractivity contribution in [3.63, 3.8) is 0 Å². The summed E-state index contributed by atoms with van der Waals surface area (Å²) in [5.41, 5.74) is 3.22. The molecule has 144 valence electrons. The van der Waals surface area contributed by atoms with Crippen LogP contribution < -0.4 is 4.74 Å². The van der Waals surface area contributed by atoms with Crippen molar-refractivity contribution in [3.05, 3.63) is 75.9 Å². The molecular weight excluding hydrogens is 378 g/mol. The molecule has 0 saturated carbocycles. The van der Waals surface area contributed by atoms with Crippen molar-refractivity contribution < 1.29 is 14.1 Å². The molecule has 6 nitrogen and oxygen atoms in total. The highest BCUT2D eigenvalue weighted by atomic mass is 35.5. The average Bonchev–Trinajstić information content (AvgIpc) is 3.15. The van der Waals surface area contributed by atoms with Gasteiger partial charge in [-0.2, -0.15) is 4.98 Å². The second kappa shape index (κ2) is 7.64. The SMILES string of the molecule is COc1ccc(Cl)cc1Cc1noc(C2Cc3ccccc3CN2C(C)=O)n1. The molecule has 28 heavy (non-hydrogen) atoms. The molecule has 1 unspecified atom stereocenters. The number of benzene rings is 2. The lowest BCUT2D eigenvalue weighted by Gasteiger charge is -2.34. The first-order chi connectivity index (χ1) is 13.5. The molecule has 0 spiro atoms. The number of nitrogens with zero attached hydrogens (tertiary/aromatic N) is 3. The highest BCUT2D eigenvalue weighted by Crippen LogP contribution is 2.33. The molecule has 1 amide bonds. The average molecular weight is 398 g/mol. The van der Waals surface area contributed by atoms with Gasteiger partial charge in [0.1, 0.15) is 11.8 Å². The van der Waals surface area contributed by atoms with Crippen molar-refractivity contribution >= 4 is 17.5 Å². The monoisotopic (exact) mass is 397 g/mol. The van der Waals surface area contributed by atoms with E-state index >= 15 is 0 Å². The highest BCUT2D eigenvalue weighted by molar-refractivity contribution is 6.30. The van der Waals surface area contributed by atoms with E-state index in [-0.39, 0.29) is 11.9 Å². The minimum absolute atomic E-state index is 0.0178. The molecular formula is C21H20ClN3O3. The van der Waals surface area contributed by atoms with E-state index in [4.69, 9.17) is 20.9 Å². The number of hydrogen-bond donors (Lipinski definition) is 0. The maximum atomic E-state index is 12.2. The van der Waals surface area contributed by atoms with Crippen molar-refractivity contribution in [2.75, 3.05) is 7.11 Å². The summed E-state index contributed by atoms with van der Waals surface area (Å²) in [6, 6.07) is 13.3. The van der Waals surface area contributed by atoms with Gasteiger partial charge in [0.2, 0.25) is 11.8 Å². The summed E-state index contributed by atoms with van der Waals surface area (Å²) in [7, 11) is 1.61. The Labute approximate surface area is 168 Å². The Bertz CT molecular complexity index is 1020. The zero-order valence-electron chi connectivity index (χ0n) is 15.7. The molecule has 3 aromatic rings. The Morgan fingerprint density at radius 2 is 2.07 bits per heavy atom. The smallest absolute Gasteiger partial charge is 0.249 e. The van der Waals surface area contributed by atoms with Gasteiger partial charge in [-0.05, 0) is 29.3 Å². The predicted octanol–water partition coefficient (Wildman–Crippen LogP) is 3.97. The number of methoxy groups -OCH3 is 1. The lowest BCUT2D eigenvalue weighted by Crippen LogP contribution is -2.37. The Balaban J connectivity index is 1.61. The second-order valence-corrected chi connectivity index (χ2v) is 7.25.